The number of carbonyl (C=O) groups excluding carboxylic acids is 1. The Morgan fingerprint density at radius 3 is 2.81 bits per heavy atom. The molecule has 0 fully saturated rings. The van der Waals surface area contributed by atoms with Crippen molar-refractivity contribution in [3.05, 3.63) is 44.9 Å². The zero-order chi connectivity index (χ0) is 23.0. The van der Waals surface area contributed by atoms with Crippen LogP contribution in [0.4, 0.5) is 5.69 Å². The molecule has 1 amide bonds. The van der Waals surface area contributed by atoms with E-state index in [1.54, 1.807) is 11.6 Å². The molecule has 32 heavy (non-hydrogen) atoms. The normalized spacial score (nSPS) is 14.9. The first-order valence-corrected chi connectivity index (χ1v) is 10.7. The van der Waals surface area contributed by atoms with E-state index >= 15 is 0 Å². The lowest BCUT2D eigenvalue weighted by Crippen LogP contribution is -2.37. The number of rotatable bonds is 7. The van der Waals surface area contributed by atoms with Crippen LogP contribution in [0.3, 0.4) is 0 Å². The second kappa shape index (κ2) is 8.52. The lowest BCUT2D eigenvalue weighted by Gasteiger charge is -2.13. The summed E-state index contributed by atoms with van der Waals surface area (Å²) in [4.78, 5) is 41.4. The van der Waals surface area contributed by atoms with Gasteiger partial charge in [-0.1, -0.05) is 0 Å². The fourth-order valence-corrected chi connectivity index (χ4v) is 4.00. The van der Waals surface area contributed by atoms with Crippen LogP contribution in [0, 0.1) is 0 Å². The molecule has 0 saturated heterocycles. The second-order valence-electron chi connectivity index (χ2n) is 7.99. The molecule has 1 N–H and O–H groups in total. The highest BCUT2D eigenvalue weighted by molar-refractivity contribution is 5.92. The van der Waals surface area contributed by atoms with Gasteiger partial charge in [-0.05, 0) is 26.3 Å². The minimum absolute atomic E-state index is 0.0997. The number of aromatic nitrogens is 4. The van der Waals surface area contributed by atoms with Gasteiger partial charge >= 0.3 is 5.69 Å². The third-order valence-electron chi connectivity index (χ3n) is 5.59. The van der Waals surface area contributed by atoms with Crippen LogP contribution >= 0.6 is 0 Å². The van der Waals surface area contributed by atoms with E-state index in [2.05, 4.69) is 10.3 Å². The molecule has 1 aromatic carbocycles. The number of imidazole rings is 1. The van der Waals surface area contributed by atoms with Crippen molar-refractivity contribution in [1.82, 2.24) is 18.7 Å². The standard InChI is InChI=1S/C22H27N5O5/c1-5-31-17-10-14-9-13(2)32-16(14)11-15(17)24-18(28)7-6-8-27-12-23-20-19(27)21(29)26(4)22(30)25(20)3/h10-13H,5-9H2,1-4H3,(H,24,28). The summed E-state index contributed by atoms with van der Waals surface area (Å²) in [5.74, 6) is 1.23. The summed E-state index contributed by atoms with van der Waals surface area (Å²) in [6, 6.07) is 3.74. The molecule has 1 aliphatic rings. The van der Waals surface area contributed by atoms with E-state index in [0.717, 1.165) is 22.3 Å². The van der Waals surface area contributed by atoms with Crippen LogP contribution in [0.15, 0.2) is 28.0 Å². The Balaban J connectivity index is 1.45. The minimum Gasteiger partial charge on any atom is -0.492 e. The van der Waals surface area contributed by atoms with E-state index in [0.29, 0.717) is 42.2 Å². The lowest BCUT2D eigenvalue weighted by atomic mass is 10.1. The molecule has 170 valence electrons. The molecular formula is C22H27N5O5. The average Bonchev–Trinajstić information content (AvgIpc) is 3.33. The van der Waals surface area contributed by atoms with E-state index in [9.17, 15) is 14.4 Å². The number of aryl methyl sites for hydroxylation is 2. The smallest absolute Gasteiger partial charge is 0.332 e. The van der Waals surface area contributed by atoms with Gasteiger partial charge in [0, 0.05) is 45.1 Å². The van der Waals surface area contributed by atoms with Crippen molar-refractivity contribution in [2.45, 2.75) is 45.8 Å². The molecule has 3 heterocycles. The van der Waals surface area contributed by atoms with E-state index < -0.39 is 11.2 Å². The predicted molar refractivity (Wildman–Crippen MR) is 119 cm³/mol. The summed E-state index contributed by atoms with van der Waals surface area (Å²) in [7, 11) is 3.01. The monoisotopic (exact) mass is 441 g/mol. The van der Waals surface area contributed by atoms with Crippen LogP contribution in [0.5, 0.6) is 11.5 Å². The van der Waals surface area contributed by atoms with Crippen LogP contribution < -0.4 is 26.0 Å². The number of anilines is 1. The van der Waals surface area contributed by atoms with E-state index in [1.807, 2.05) is 26.0 Å². The summed E-state index contributed by atoms with van der Waals surface area (Å²) in [5.41, 5.74) is 1.50. The largest absolute Gasteiger partial charge is 0.492 e. The molecular weight excluding hydrogens is 414 g/mol. The Bertz CT molecular complexity index is 1300. The van der Waals surface area contributed by atoms with E-state index in [4.69, 9.17) is 9.47 Å². The van der Waals surface area contributed by atoms with Crippen LogP contribution in [-0.2, 0) is 31.9 Å². The zero-order valence-corrected chi connectivity index (χ0v) is 18.7. The number of hydrogen-bond donors (Lipinski definition) is 1. The third kappa shape index (κ3) is 3.88. The predicted octanol–water partition coefficient (Wildman–Crippen LogP) is 1.57. The topological polar surface area (TPSA) is 109 Å². The van der Waals surface area contributed by atoms with Gasteiger partial charge in [0.05, 0.1) is 18.6 Å². The number of carbonyl (C=O) groups is 1. The number of nitrogens with one attached hydrogen (secondary N) is 1. The number of amides is 1. The molecule has 10 nitrogen and oxygen atoms in total. The quantitative estimate of drug-likeness (QED) is 0.596. The molecule has 0 aliphatic carbocycles. The number of fused-ring (bicyclic) bond motifs is 2. The molecule has 1 unspecified atom stereocenters. The van der Waals surface area contributed by atoms with Gasteiger partial charge in [0.2, 0.25) is 5.91 Å². The first-order valence-electron chi connectivity index (χ1n) is 10.7. The Morgan fingerprint density at radius 2 is 2.06 bits per heavy atom. The Labute approximate surface area is 184 Å². The molecule has 0 saturated carbocycles. The van der Waals surface area contributed by atoms with Crippen molar-refractivity contribution < 1.29 is 14.3 Å². The van der Waals surface area contributed by atoms with Crippen molar-refractivity contribution in [1.29, 1.82) is 0 Å². The fraction of sp³-hybridized carbons (Fsp3) is 0.455. The number of benzene rings is 1. The Morgan fingerprint density at radius 1 is 1.28 bits per heavy atom. The van der Waals surface area contributed by atoms with Crippen molar-refractivity contribution in [2.24, 2.45) is 14.1 Å². The average molecular weight is 441 g/mol. The van der Waals surface area contributed by atoms with Crippen LogP contribution in [0.1, 0.15) is 32.3 Å². The van der Waals surface area contributed by atoms with Crippen molar-refractivity contribution in [2.75, 3.05) is 11.9 Å². The third-order valence-corrected chi connectivity index (χ3v) is 5.59. The first kappa shape index (κ1) is 21.7. The number of nitrogens with zero attached hydrogens (tertiary/aromatic N) is 4. The SMILES string of the molecule is CCOc1cc2c(cc1NC(=O)CCCn1cnc3c1c(=O)n(C)c(=O)n3C)OC(C)C2. The highest BCUT2D eigenvalue weighted by Crippen LogP contribution is 2.38. The summed E-state index contributed by atoms with van der Waals surface area (Å²) < 4.78 is 15.6. The number of ether oxygens (including phenoxy) is 2. The van der Waals surface area contributed by atoms with Gasteiger partial charge in [-0.3, -0.25) is 18.7 Å². The summed E-state index contributed by atoms with van der Waals surface area (Å²) in [5, 5.41) is 2.91. The Hall–Kier alpha value is -3.56. The molecule has 0 bridgehead atoms. The maximum Gasteiger partial charge on any atom is 0.332 e. The molecule has 4 rings (SSSR count). The maximum atomic E-state index is 12.6. The van der Waals surface area contributed by atoms with Gasteiger partial charge in [-0.2, -0.15) is 0 Å². The maximum absolute atomic E-state index is 12.6. The second-order valence-corrected chi connectivity index (χ2v) is 7.99. The van der Waals surface area contributed by atoms with Crippen molar-refractivity contribution in [3.8, 4) is 11.5 Å². The molecule has 1 atom stereocenters. The van der Waals surface area contributed by atoms with Crippen LogP contribution in [0.25, 0.3) is 11.2 Å². The van der Waals surface area contributed by atoms with E-state index in [1.165, 1.54) is 17.9 Å². The molecule has 3 aromatic rings. The lowest BCUT2D eigenvalue weighted by molar-refractivity contribution is -0.116. The van der Waals surface area contributed by atoms with E-state index in [-0.39, 0.29) is 18.4 Å². The van der Waals surface area contributed by atoms with Gasteiger partial charge in [-0.15, -0.1) is 0 Å². The highest BCUT2D eigenvalue weighted by atomic mass is 16.5. The molecule has 0 radical (unpaired) electrons. The fourth-order valence-electron chi connectivity index (χ4n) is 4.00. The molecule has 10 heteroatoms. The highest BCUT2D eigenvalue weighted by Gasteiger charge is 2.22. The van der Waals surface area contributed by atoms with Gasteiger partial charge in [0.1, 0.15) is 17.6 Å². The number of hydrogen-bond acceptors (Lipinski definition) is 6. The van der Waals surface area contributed by atoms with Gasteiger partial charge < -0.3 is 19.4 Å². The van der Waals surface area contributed by atoms with Crippen molar-refractivity contribution >= 4 is 22.8 Å². The Kier molecular flexibility index (Phi) is 5.77. The molecule has 2 aromatic heterocycles. The van der Waals surface area contributed by atoms with Gasteiger partial charge in [0.25, 0.3) is 5.56 Å². The molecule has 1 aliphatic heterocycles. The van der Waals surface area contributed by atoms with Crippen molar-refractivity contribution in [3.63, 3.8) is 0 Å². The zero-order valence-electron chi connectivity index (χ0n) is 18.7. The summed E-state index contributed by atoms with van der Waals surface area (Å²) in [6.07, 6.45) is 3.17. The summed E-state index contributed by atoms with van der Waals surface area (Å²) in [6.45, 7) is 4.81. The first-order chi connectivity index (χ1) is 15.3. The summed E-state index contributed by atoms with van der Waals surface area (Å²) >= 11 is 0. The van der Waals surface area contributed by atoms with Gasteiger partial charge in [0.15, 0.2) is 11.2 Å². The minimum atomic E-state index is -0.426. The van der Waals surface area contributed by atoms with Crippen LogP contribution in [-0.4, -0.2) is 37.3 Å². The van der Waals surface area contributed by atoms with Gasteiger partial charge in [-0.25, -0.2) is 9.78 Å². The van der Waals surface area contributed by atoms with Crippen LogP contribution in [0.2, 0.25) is 0 Å². The molecule has 0 spiro atoms.